The molecule has 0 fully saturated rings. The number of aryl methyl sites for hydroxylation is 1. The van der Waals surface area contributed by atoms with Gasteiger partial charge in [0, 0.05) is 21.7 Å². The number of hydrogen-bond donors (Lipinski definition) is 0. The van der Waals surface area contributed by atoms with Crippen LogP contribution >= 0.6 is 27.5 Å². The van der Waals surface area contributed by atoms with Crippen molar-refractivity contribution in [2.45, 2.75) is 25.8 Å². The van der Waals surface area contributed by atoms with Crippen LogP contribution in [0.25, 0.3) is 6.08 Å². The second-order valence-electron chi connectivity index (χ2n) is 6.68. The summed E-state index contributed by atoms with van der Waals surface area (Å²) in [4.78, 5) is 24.7. The van der Waals surface area contributed by atoms with E-state index >= 15 is 0 Å². The summed E-state index contributed by atoms with van der Waals surface area (Å²) < 4.78 is 22.8. The van der Waals surface area contributed by atoms with Crippen LogP contribution in [-0.4, -0.2) is 23.9 Å². The van der Waals surface area contributed by atoms with Gasteiger partial charge in [0.05, 0.1) is 12.2 Å². The summed E-state index contributed by atoms with van der Waals surface area (Å²) in [5.41, 5.74) is 2.65. The number of ether oxygens (including phenoxy) is 4. The van der Waals surface area contributed by atoms with Crippen LogP contribution in [-0.2, 0) is 16.1 Å². The van der Waals surface area contributed by atoms with Gasteiger partial charge in [-0.05, 0) is 43.7 Å². The Morgan fingerprint density at radius 1 is 1.31 bits per heavy atom. The van der Waals surface area contributed by atoms with Crippen LogP contribution in [0.5, 0.6) is 17.2 Å². The first-order valence-electron chi connectivity index (χ1n) is 8.81. The highest BCUT2D eigenvalue weighted by molar-refractivity contribution is 9.10. The molecule has 4 rings (SSSR count). The molecule has 0 aromatic heterocycles. The third kappa shape index (κ3) is 3.90. The predicted molar refractivity (Wildman–Crippen MR) is 109 cm³/mol. The average molecular weight is 480 g/mol. The van der Waals surface area contributed by atoms with Crippen molar-refractivity contribution in [3.8, 4) is 17.2 Å². The highest BCUT2D eigenvalue weighted by atomic mass is 79.9. The van der Waals surface area contributed by atoms with E-state index in [9.17, 15) is 9.59 Å². The van der Waals surface area contributed by atoms with Gasteiger partial charge in [-0.15, -0.1) is 11.6 Å². The van der Waals surface area contributed by atoms with E-state index in [0.717, 1.165) is 10.0 Å². The lowest BCUT2D eigenvalue weighted by atomic mass is 10.0. The van der Waals surface area contributed by atoms with Crippen LogP contribution in [0.1, 0.15) is 34.0 Å². The number of esters is 1. The molecule has 150 valence electrons. The van der Waals surface area contributed by atoms with E-state index in [0.29, 0.717) is 34.8 Å². The average Bonchev–Trinajstić information content (AvgIpc) is 2.97. The van der Waals surface area contributed by atoms with Crippen molar-refractivity contribution in [2.75, 3.05) is 6.79 Å². The van der Waals surface area contributed by atoms with E-state index in [1.165, 1.54) is 13.0 Å². The summed E-state index contributed by atoms with van der Waals surface area (Å²) in [6, 6.07) is 6.88. The molecule has 8 heteroatoms. The zero-order chi connectivity index (χ0) is 20.7. The van der Waals surface area contributed by atoms with E-state index in [2.05, 4.69) is 15.9 Å². The number of halogens is 2. The molecule has 2 aliphatic heterocycles. The summed E-state index contributed by atoms with van der Waals surface area (Å²) in [5, 5.41) is -0.784. The lowest BCUT2D eigenvalue weighted by Gasteiger charge is -2.20. The predicted octanol–water partition coefficient (Wildman–Crippen LogP) is 4.77. The highest BCUT2D eigenvalue weighted by Gasteiger charge is 2.31. The molecule has 2 aromatic rings. The first kappa shape index (κ1) is 19.9. The molecule has 0 bridgehead atoms. The maximum atomic E-state index is 12.9. The Morgan fingerprint density at radius 2 is 2.10 bits per heavy atom. The summed E-state index contributed by atoms with van der Waals surface area (Å²) in [7, 11) is 0. The fourth-order valence-corrected chi connectivity index (χ4v) is 3.76. The summed E-state index contributed by atoms with van der Waals surface area (Å²) in [6.07, 6.45) is 1.64. The number of ketones is 1. The summed E-state index contributed by atoms with van der Waals surface area (Å²) in [5.74, 6) is 0.593. The Hall–Kier alpha value is -2.35. The Labute approximate surface area is 180 Å². The topological polar surface area (TPSA) is 71.1 Å². The molecule has 0 saturated heterocycles. The molecule has 0 amide bonds. The van der Waals surface area contributed by atoms with E-state index in [1.54, 1.807) is 19.1 Å². The van der Waals surface area contributed by atoms with Crippen LogP contribution < -0.4 is 14.2 Å². The van der Waals surface area contributed by atoms with E-state index in [-0.39, 0.29) is 24.1 Å². The lowest BCUT2D eigenvalue weighted by Crippen LogP contribution is -2.17. The van der Waals surface area contributed by atoms with Crippen molar-refractivity contribution in [2.24, 2.45) is 0 Å². The van der Waals surface area contributed by atoms with Crippen molar-refractivity contribution in [3.05, 3.63) is 56.8 Å². The molecule has 29 heavy (non-hydrogen) atoms. The quantitative estimate of drug-likeness (QED) is 0.273. The smallest absolute Gasteiger partial charge is 0.329 e. The number of alkyl halides is 1. The molecule has 1 unspecified atom stereocenters. The van der Waals surface area contributed by atoms with Gasteiger partial charge in [-0.1, -0.05) is 15.9 Å². The fourth-order valence-electron chi connectivity index (χ4n) is 3.19. The van der Waals surface area contributed by atoms with Crippen molar-refractivity contribution in [3.63, 3.8) is 0 Å². The Bertz CT molecular complexity index is 1060. The van der Waals surface area contributed by atoms with Gasteiger partial charge in [0.25, 0.3) is 0 Å². The maximum absolute atomic E-state index is 12.9. The van der Waals surface area contributed by atoms with Gasteiger partial charge in [0.15, 0.2) is 12.6 Å². The van der Waals surface area contributed by atoms with Crippen molar-refractivity contribution >= 4 is 45.4 Å². The molecule has 2 heterocycles. The normalized spacial score (nSPS) is 17.2. The number of rotatable bonds is 3. The van der Waals surface area contributed by atoms with Crippen LogP contribution in [0, 0.1) is 6.92 Å². The Balaban J connectivity index is 1.69. The largest absolute Gasteiger partial charge is 0.467 e. The molecule has 0 saturated carbocycles. The van der Waals surface area contributed by atoms with Gasteiger partial charge in [-0.2, -0.15) is 0 Å². The molecule has 0 radical (unpaired) electrons. The minimum Gasteiger partial charge on any atom is -0.467 e. The van der Waals surface area contributed by atoms with Crippen molar-refractivity contribution in [1.82, 2.24) is 0 Å². The number of allylic oxidation sites excluding steroid dienone is 1. The first-order valence-corrected chi connectivity index (χ1v) is 10.0. The number of benzene rings is 2. The van der Waals surface area contributed by atoms with Crippen LogP contribution in [0.3, 0.4) is 0 Å². The Morgan fingerprint density at radius 3 is 2.86 bits per heavy atom. The second-order valence-corrected chi connectivity index (χ2v) is 8.25. The van der Waals surface area contributed by atoms with E-state index < -0.39 is 11.3 Å². The van der Waals surface area contributed by atoms with E-state index in [1.807, 2.05) is 12.1 Å². The van der Waals surface area contributed by atoms with Gasteiger partial charge in [-0.3, -0.25) is 9.59 Å². The standard InChI is InChI=1S/C21H16BrClO6/c1-10-3-15(28-21(25)11(2)23)7-16-18(10)19(24)17(29-16)6-12-4-14(22)5-13-8-26-9-27-20(12)13/h3-7,11H,8-9H2,1-2H3/b17-6-. The van der Waals surface area contributed by atoms with E-state index in [4.69, 9.17) is 30.5 Å². The minimum absolute atomic E-state index is 0.146. The monoisotopic (exact) mass is 478 g/mol. The third-order valence-corrected chi connectivity index (χ3v) is 5.11. The van der Waals surface area contributed by atoms with Crippen LogP contribution in [0.2, 0.25) is 0 Å². The second kappa shape index (κ2) is 7.82. The van der Waals surface area contributed by atoms with Crippen molar-refractivity contribution in [1.29, 1.82) is 0 Å². The van der Waals surface area contributed by atoms with Gasteiger partial charge in [0.1, 0.15) is 22.6 Å². The molecule has 1 atom stereocenters. The number of carbonyl (C=O) groups excluding carboxylic acids is 2. The van der Waals surface area contributed by atoms with Gasteiger partial charge < -0.3 is 18.9 Å². The van der Waals surface area contributed by atoms with Crippen LogP contribution in [0.4, 0.5) is 0 Å². The van der Waals surface area contributed by atoms with Gasteiger partial charge >= 0.3 is 5.97 Å². The minimum atomic E-state index is -0.784. The Kier molecular flexibility index (Phi) is 5.38. The zero-order valence-electron chi connectivity index (χ0n) is 15.6. The highest BCUT2D eigenvalue weighted by Crippen LogP contribution is 2.39. The zero-order valence-corrected chi connectivity index (χ0v) is 17.9. The molecule has 2 aromatic carbocycles. The van der Waals surface area contributed by atoms with Crippen LogP contribution in [0.15, 0.2) is 34.5 Å². The SMILES string of the molecule is Cc1cc(OC(=O)C(C)Cl)cc2c1C(=O)/C(=C/c1cc(Br)cc3c1OCOC3)O2. The third-order valence-electron chi connectivity index (χ3n) is 4.48. The maximum Gasteiger partial charge on any atom is 0.329 e. The van der Waals surface area contributed by atoms with Gasteiger partial charge in [0.2, 0.25) is 5.78 Å². The summed E-state index contributed by atoms with van der Waals surface area (Å²) in [6.45, 7) is 3.85. The number of Topliss-reactive ketones (excluding diaryl/α,β-unsaturated/α-hetero) is 1. The molecule has 0 N–H and O–H groups in total. The molecule has 2 aliphatic rings. The number of carbonyl (C=O) groups is 2. The van der Waals surface area contributed by atoms with Crippen molar-refractivity contribution < 1.29 is 28.5 Å². The number of fused-ring (bicyclic) bond motifs is 2. The summed E-state index contributed by atoms with van der Waals surface area (Å²) >= 11 is 9.21. The molecular weight excluding hydrogens is 464 g/mol. The number of hydrogen-bond acceptors (Lipinski definition) is 6. The van der Waals surface area contributed by atoms with Gasteiger partial charge in [-0.25, -0.2) is 0 Å². The first-order chi connectivity index (χ1) is 13.8. The molecular formula is C21H16BrClO6. The molecule has 0 spiro atoms. The molecule has 0 aliphatic carbocycles. The molecule has 6 nitrogen and oxygen atoms in total. The lowest BCUT2D eigenvalue weighted by molar-refractivity contribution is -0.133. The fraction of sp³-hybridized carbons (Fsp3) is 0.238.